The number of nitrogen functional groups attached to an aromatic ring is 1. The summed E-state index contributed by atoms with van der Waals surface area (Å²) in [6.45, 7) is 10.3. The molecule has 2 N–H and O–H groups in total. The second-order valence-electron chi connectivity index (χ2n) is 6.11. The highest BCUT2D eigenvalue weighted by Gasteiger charge is 2.26. The lowest BCUT2D eigenvalue weighted by Gasteiger charge is -2.31. The highest BCUT2D eigenvalue weighted by Crippen LogP contribution is 2.30. The van der Waals surface area contributed by atoms with E-state index in [1.54, 1.807) is 0 Å². The lowest BCUT2D eigenvalue weighted by atomic mass is 9.82. The minimum atomic E-state index is 0.176. The van der Waals surface area contributed by atoms with Crippen LogP contribution in [0.25, 0.3) is 0 Å². The monoisotopic (exact) mass is 293 g/mol. The van der Waals surface area contributed by atoms with E-state index in [9.17, 15) is 0 Å². The van der Waals surface area contributed by atoms with E-state index in [0.29, 0.717) is 23.8 Å². The molecule has 1 aliphatic carbocycles. The quantitative estimate of drug-likeness (QED) is 0.898. The van der Waals surface area contributed by atoms with Crippen molar-refractivity contribution in [2.45, 2.75) is 53.1 Å². The molecule has 1 aromatic rings. The normalized spacial score (nSPS) is 25.6. The molecule has 1 aromatic heterocycles. The molecule has 2 rings (SSSR count). The smallest absolute Gasteiger partial charge is 0.323 e. The van der Waals surface area contributed by atoms with Crippen molar-refractivity contribution in [2.75, 3.05) is 23.7 Å². The molecule has 0 radical (unpaired) electrons. The predicted octanol–water partition coefficient (Wildman–Crippen LogP) is 2.50. The van der Waals surface area contributed by atoms with Crippen LogP contribution >= 0.6 is 0 Å². The van der Waals surface area contributed by atoms with Crippen molar-refractivity contribution in [3.63, 3.8) is 0 Å². The molecule has 2 atom stereocenters. The van der Waals surface area contributed by atoms with Gasteiger partial charge in [-0.15, -0.1) is 0 Å². The molecule has 1 aliphatic rings. The SMILES string of the molecule is CCN(CC)c1nc(N)nc(OC2CC(C)CC(C)C2)n1. The molecule has 118 valence electrons. The van der Waals surface area contributed by atoms with Crippen molar-refractivity contribution >= 4 is 11.9 Å². The van der Waals surface area contributed by atoms with Crippen molar-refractivity contribution in [3.05, 3.63) is 0 Å². The average Bonchev–Trinajstić information content (AvgIpc) is 2.38. The highest BCUT2D eigenvalue weighted by atomic mass is 16.5. The van der Waals surface area contributed by atoms with Gasteiger partial charge in [0, 0.05) is 13.1 Å². The van der Waals surface area contributed by atoms with Crippen molar-refractivity contribution in [1.82, 2.24) is 15.0 Å². The summed E-state index contributed by atoms with van der Waals surface area (Å²) in [4.78, 5) is 14.8. The first kappa shape index (κ1) is 15.8. The van der Waals surface area contributed by atoms with E-state index in [2.05, 4.69) is 42.6 Å². The lowest BCUT2D eigenvalue weighted by molar-refractivity contribution is 0.0920. The van der Waals surface area contributed by atoms with E-state index in [1.165, 1.54) is 6.42 Å². The molecule has 0 aliphatic heterocycles. The minimum absolute atomic E-state index is 0.176. The Morgan fingerprint density at radius 3 is 2.24 bits per heavy atom. The number of hydrogen-bond acceptors (Lipinski definition) is 6. The summed E-state index contributed by atoms with van der Waals surface area (Å²) in [5.74, 6) is 2.18. The third-order valence-corrected chi connectivity index (χ3v) is 4.07. The van der Waals surface area contributed by atoms with Gasteiger partial charge in [-0.3, -0.25) is 0 Å². The zero-order valence-electron chi connectivity index (χ0n) is 13.5. The second-order valence-corrected chi connectivity index (χ2v) is 6.11. The number of nitrogens with two attached hydrogens (primary N) is 1. The molecule has 6 heteroatoms. The van der Waals surface area contributed by atoms with Crippen LogP contribution in [0, 0.1) is 11.8 Å². The summed E-state index contributed by atoms with van der Waals surface area (Å²) in [6.07, 6.45) is 3.55. The minimum Gasteiger partial charge on any atom is -0.460 e. The number of ether oxygens (including phenoxy) is 1. The molecule has 0 bridgehead atoms. The summed E-state index contributed by atoms with van der Waals surface area (Å²) >= 11 is 0. The molecule has 0 spiro atoms. The van der Waals surface area contributed by atoms with Gasteiger partial charge in [-0.2, -0.15) is 15.0 Å². The van der Waals surface area contributed by atoms with Crippen LogP contribution in [0.4, 0.5) is 11.9 Å². The fraction of sp³-hybridized carbons (Fsp3) is 0.800. The predicted molar refractivity (Wildman–Crippen MR) is 84.4 cm³/mol. The van der Waals surface area contributed by atoms with E-state index in [0.717, 1.165) is 25.9 Å². The zero-order valence-corrected chi connectivity index (χ0v) is 13.5. The maximum absolute atomic E-state index is 5.99. The maximum Gasteiger partial charge on any atom is 0.323 e. The van der Waals surface area contributed by atoms with Crippen LogP contribution in [0.15, 0.2) is 0 Å². The molecule has 21 heavy (non-hydrogen) atoms. The van der Waals surface area contributed by atoms with Gasteiger partial charge >= 0.3 is 6.01 Å². The van der Waals surface area contributed by atoms with Crippen LogP contribution in [0.1, 0.15) is 47.0 Å². The fourth-order valence-corrected chi connectivity index (χ4v) is 3.18. The molecule has 6 nitrogen and oxygen atoms in total. The second kappa shape index (κ2) is 6.91. The maximum atomic E-state index is 5.99. The Hall–Kier alpha value is -1.59. The Morgan fingerprint density at radius 1 is 1.05 bits per heavy atom. The summed E-state index contributed by atoms with van der Waals surface area (Å²) in [5, 5.41) is 0. The molecule has 0 aromatic carbocycles. The van der Waals surface area contributed by atoms with Gasteiger partial charge in [0.25, 0.3) is 0 Å². The van der Waals surface area contributed by atoms with Crippen LogP contribution in [0.3, 0.4) is 0 Å². The molecule has 0 amide bonds. The van der Waals surface area contributed by atoms with Gasteiger partial charge in [0.2, 0.25) is 11.9 Å². The van der Waals surface area contributed by atoms with E-state index < -0.39 is 0 Å². The van der Waals surface area contributed by atoms with Crippen molar-refractivity contribution in [2.24, 2.45) is 11.8 Å². The summed E-state index contributed by atoms with van der Waals surface area (Å²) in [6, 6.07) is 0.357. The fourth-order valence-electron chi connectivity index (χ4n) is 3.18. The van der Waals surface area contributed by atoms with Crippen molar-refractivity contribution < 1.29 is 4.74 Å². The van der Waals surface area contributed by atoms with Gasteiger partial charge in [0.05, 0.1) is 0 Å². The number of nitrogens with zero attached hydrogens (tertiary/aromatic N) is 4. The standard InChI is InChI=1S/C15H27N5O/c1-5-20(6-2)14-17-13(16)18-15(19-14)21-12-8-10(3)7-11(4)9-12/h10-12H,5-9H2,1-4H3,(H2,16,17,18,19). The van der Waals surface area contributed by atoms with Crippen molar-refractivity contribution in [1.29, 1.82) is 0 Å². The van der Waals surface area contributed by atoms with Crippen LogP contribution < -0.4 is 15.4 Å². The Kier molecular flexibility index (Phi) is 5.20. The summed E-state index contributed by atoms with van der Waals surface area (Å²) < 4.78 is 5.99. The molecular weight excluding hydrogens is 266 g/mol. The number of anilines is 2. The van der Waals surface area contributed by atoms with Gasteiger partial charge in [-0.1, -0.05) is 13.8 Å². The van der Waals surface area contributed by atoms with Gasteiger partial charge < -0.3 is 15.4 Å². The third-order valence-electron chi connectivity index (χ3n) is 4.07. The summed E-state index contributed by atoms with van der Waals surface area (Å²) in [5.41, 5.74) is 5.80. The molecule has 0 saturated heterocycles. The van der Waals surface area contributed by atoms with Gasteiger partial charge in [0.15, 0.2) is 0 Å². The number of aromatic nitrogens is 3. The third kappa shape index (κ3) is 4.19. The van der Waals surface area contributed by atoms with Gasteiger partial charge in [-0.25, -0.2) is 0 Å². The molecule has 1 saturated carbocycles. The van der Waals surface area contributed by atoms with Gasteiger partial charge in [0.1, 0.15) is 6.10 Å². The Balaban J connectivity index is 2.12. The van der Waals surface area contributed by atoms with E-state index in [4.69, 9.17) is 10.5 Å². The first-order valence-electron chi connectivity index (χ1n) is 7.94. The molecule has 1 heterocycles. The van der Waals surface area contributed by atoms with E-state index >= 15 is 0 Å². The van der Waals surface area contributed by atoms with Crippen LogP contribution in [0.2, 0.25) is 0 Å². The Bertz CT molecular complexity index is 453. The van der Waals surface area contributed by atoms with Crippen LogP contribution in [-0.2, 0) is 0 Å². The Morgan fingerprint density at radius 2 is 1.67 bits per heavy atom. The first-order chi connectivity index (χ1) is 10.0. The Labute approximate surface area is 127 Å². The number of rotatable bonds is 5. The zero-order chi connectivity index (χ0) is 15.4. The summed E-state index contributed by atoms with van der Waals surface area (Å²) in [7, 11) is 0. The number of hydrogen-bond donors (Lipinski definition) is 1. The van der Waals surface area contributed by atoms with Crippen molar-refractivity contribution in [3.8, 4) is 6.01 Å². The lowest BCUT2D eigenvalue weighted by Crippen LogP contribution is -2.30. The topological polar surface area (TPSA) is 77.2 Å². The van der Waals surface area contributed by atoms with E-state index in [1.807, 2.05) is 4.90 Å². The molecular formula is C15H27N5O. The van der Waals surface area contributed by atoms with E-state index in [-0.39, 0.29) is 12.1 Å². The molecule has 1 fully saturated rings. The van der Waals surface area contributed by atoms with Crippen LogP contribution in [-0.4, -0.2) is 34.1 Å². The average molecular weight is 293 g/mol. The van der Waals surface area contributed by atoms with Crippen LogP contribution in [0.5, 0.6) is 6.01 Å². The highest BCUT2D eigenvalue weighted by molar-refractivity contribution is 5.35. The largest absolute Gasteiger partial charge is 0.460 e. The molecule has 2 unspecified atom stereocenters. The van der Waals surface area contributed by atoms with Gasteiger partial charge in [-0.05, 0) is 44.9 Å². The first-order valence-corrected chi connectivity index (χ1v) is 7.94.